The minimum Gasteiger partial charge on any atom is -0.334 e. The first-order valence-electron chi connectivity index (χ1n) is 5.56. The summed E-state index contributed by atoms with van der Waals surface area (Å²) in [4.78, 5) is 11.7. The molecule has 112 valence electrons. The first-order chi connectivity index (χ1) is 10.0. The number of hydrogen-bond acceptors (Lipinski definition) is 7. The zero-order valence-electron chi connectivity index (χ0n) is 10.5. The standard InChI is InChI=1S/C10H11F2N7OS/c11-5-1-2-7(6(12)3-5)15-8(20)4-21-10-18-17-9(16-13)19(10)14/h1-3H,4,13-14H2,(H,15,20)(H,16,17). The number of rotatable bonds is 5. The van der Waals surface area contributed by atoms with Crippen molar-refractivity contribution in [1.82, 2.24) is 14.9 Å². The number of nitrogens with zero attached hydrogens (tertiary/aromatic N) is 3. The summed E-state index contributed by atoms with van der Waals surface area (Å²) in [5, 5.41) is 9.87. The van der Waals surface area contributed by atoms with E-state index in [1.54, 1.807) is 0 Å². The molecule has 1 aromatic heterocycles. The molecule has 0 fully saturated rings. The number of halogens is 2. The molecule has 2 rings (SSSR count). The monoisotopic (exact) mass is 315 g/mol. The molecule has 6 N–H and O–H groups in total. The Balaban J connectivity index is 1.94. The Hall–Kier alpha value is -2.40. The van der Waals surface area contributed by atoms with Gasteiger partial charge in [0, 0.05) is 6.07 Å². The largest absolute Gasteiger partial charge is 0.334 e. The summed E-state index contributed by atoms with van der Waals surface area (Å²) in [5.41, 5.74) is 2.11. The maximum absolute atomic E-state index is 13.4. The molecule has 21 heavy (non-hydrogen) atoms. The van der Waals surface area contributed by atoms with Gasteiger partial charge in [0.2, 0.25) is 11.1 Å². The fraction of sp³-hybridized carbons (Fsp3) is 0.100. The van der Waals surface area contributed by atoms with Crippen LogP contribution in [0.2, 0.25) is 0 Å². The smallest absolute Gasteiger partial charge is 0.258 e. The number of nitrogens with one attached hydrogen (secondary N) is 2. The molecular formula is C10H11F2N7OS. The zero-order chi connectivity index (χ0) is 15.4. The number of benzene rings is 1. The fourth-order valence-electron chi connectivity index (χ4n) is 1.38. The van der Waals surface area contributed by atoms with E-state index in [0.717, 1.165) is 28.6 Å². The van der Waals surface area contributed by atoms with Crippen LogP contribution in [-0.2, 0) is 4.79 Å². The van der Waals surface area contributed by atoms with Crippen molar-refractivity contribution in [3.63, 3.8) is 0 Å². The van der Waals surface area contributed by atoms with E-state index in [1.807, 2.05) is 0 Å². The molecule has 1 amide bonds. The highest BCUT2D eigenvalue weighted by molar-refractivity contribution is 7.99. The SMILES string of the molecule is NNc1nnc(SCC(=O)Nc2ccc(F)cc2F)n1N. The Morgan fingerprint density at radius 1 is 1.38 bits per heavy atom. The number of aromatic nitrogens is 3. The second-order valence-electron chi connectivity index (χ2n) is 3.78. The predicted octanol–water partition coefficient (Wildman–Crippen LogP) is 0.286. The van der Waals surface area contributed by atoms with Crippen LogP contribution in [-0.4, -0.2) is 26.5 Å². The second-order valence-corrected chi connectivity index (χ2v) is 4.72. The Bertz CT molecular complexity index is 663. The van der Waals surface area contributed by atoms with Gasteiger partial charge >= 0.3 is 0 Å². The molecule has 0 unspecified atom stereocenters. The van der Waals surface area contributed by atoms with Gasteiger partial charge in [0.05, 0.1) is 11.4 Å². The van der Waals surface area contributed by atoms with Gasteiger partial charge < -0.3 is 11.2 Å². The van der Waals surface area contributed by atoms with Gasteiger partial charge in [0.25, 0.3) is 5.95 Å². The van der Waals surface area contributed by atoms with E-state index in [4.69, 9.17) is 11.7 Å². The molecule has 11 heteroatoms. The van der Waals surface area contributed by atoms with Gasteiger partial charge in [-0.1, -0.05) is 11.8 Å². The van der Waals surface area contributed by atoms with Crippen LogP contribution in [0.3, 0.4) is 0 Å². The van der Waals surface area contributed by atoms with E-state index in [0.29, 0.717) is 6.07 Å². The van der Waals surface area contributed by atoms with Crippen molar-refractivity contribution < 1.29 is 13.6 Å². The summed E-state index contributed by atoms with van der Waals surface area (Å²) in [7, 11) is 0. The number of nitrogens with two attached hydrogens (primary N) is 2. The third-order valence-electron chi connectivity index (χ3n) is 2.33. The maximum atomic E-state index is 13.4. The molecule has 8 nitrogen and oxygen atoms in total. The van der Waals surface area contributed by atoms with E-state index < -0.39 is 17.5 Å². The topological polar surface area (TPSA) is 124 Å². The number of thioether (sulfide) groups is 1. The van der Waals surface area contributed by atoms with Gasteiger partial charge in [-0.05, 0) is 12.1 Å². The molecular weight excluding hydrogens is 304 g/mol. The Morgan fingerprint density at radius 2 is 2.14 bits per heavy atom. The van der Waals surface area contributed by atoms with E-state index >= 15 is 0 Å². The molecule has 1 heterocycles. The van der Waals surface area contributed by atoms with E-state index in [2.05, 4.69) is 20.9 Å². The Kier molecular flexibility index (Phi) is 4.55. The van der Waals surface area contributed by atoms with E-state index in [1.165, 1.54) is 0 Å². The number of hydrogen-bond donors (Lipinski definition) is 4. The lowest BCUT2D eigenvalue weighted by Crippen LogP contribution is -2.19. The molecule has 0 spiro atoms. The van der Waals surface area contributed by atoms with Crippen LogP contribution in [0.5, 0.6) is 0 Å². The van der Waals surface area contributed by atoms with Gasteiger partial charge in [-0.25, -0.2) is 19.3 Å². The highest BCUT2D eigenvalue weighted by atomic mass is 32.2. The summed E-state index contributed by atoms with van der Waals surface area (Å²) in [6, 6.07) is 2.86. The third-order valence-corrected chi connectivity index (χ3v) is 3.27. The number of hydrazine groups is 1. The highest BCUT2D eigenvalue weighted by Crippen LogP contribution is 2.18. The average molecular weight is 315 g/mol. The molecule has 0 saturated carbocycles. The molecule has 0 aliphatic heterocycles. The zero-order valence-corrected chi connectivity index (χ0v) is 11.3. The number of amides is 1. The van der Waals surface area contributed by atoms with Crippen molar-refractivity contribution in [3.05, 3.63) is 29.8 Å². The average Bonchev–Trinajstić information content (AvgIpc) is 2.80. The maximum Gasteiger partial charge on any atom is 0.258 e. The minimum atomic E-state index is -0.857. The van der Waals surface area contributed by atoms with Crippen molar-refractivity contribution in [2.24, 2.45) is 5.84 Å². The molecule has 2 aromatic rings. The number of anilines is 2. The number of nitrogen functional groups attached to an aromatic ring is 2. The lowest BCUT2D eigenvalue weighted by molar-refractivity contribution is -0.113. The fourth-order valence-corrected chi connectivity index (χ4v) is 2.04. The molecule has 0 aliphatic rings. The molecule has 0 aliphatic carbocycles. The quantitative estimate of drug-likeness (QED) is 0.355. The van der Waals surface area contributed by atoms with Crippen LogP contribution in [0.4, 0.5) is 20.4 Å². The van der Waals surface area contributed by atoms with Gasteiger partial charge in [-0.2, -0.15) is 0 Å². The summed E-state index contributed by atoms with van der Waals surface area (Å²) in [6.07, 6.45) is 0. The normalized spacial score (nSPS) is 10.4. The molecule has 0 bridgehead atoms. The predicted molar refractivity (Wildman–Crippen MR) is 73.7 cm³/mol. The van der Waals surface area contributed by atoms with E-state index in [-0.39, 0.29) is 22.5 Å². The molecule has 1 aromatic carbocycles. The van der Waals surface area contributed by atoms with Crippen molar-refractivity contribution >= 4 is 29.3 Å². The van der Waals surface area contributed by atoms with Crippen LogP contribution in [0.25, 0.3) is 0 Å². The van der Waals surface area contributed by atoms with Crippen LogP contribution in [0.15, 0.2) is 23.4 Å². The lowest BCUT2D eigenvalue weighted by atomic mass is 10.3. The Labute approximate surface area is 121 Å². The van der Waals surface area contributed by atoms with Crippen LogP contribution in [0, 0.1) is 11.6 Å². The van der Waals surface area contributed by atoms with Crippen molar-refractivity contribution in [1.29, 1.82) is 0 Å². The van der Waals surface area contributed by atoms with Crippen molar-refractivity contribution in [2.45, 2.75) is 5.16 Å². The van der Waals surface area contributed by atoms with Crippen molar-refractivity contribution in [2.75, 3.05) is 22.3 Å². The van der Waals surface area contributed by atoms with Crippen LogP contribution in [0.1, 0.15) is 0 Å². The summed E-state index contributed by atoms with van der Waals surface area (Å²) in [5.74, 6) is 8.68. The van der Waals surface area contributed by atoms with Crippen molar-refractivity contribution in [3.8, 4) is 0 Å². The molecule has 0 radical (unpaired) electrons. The third kappa shape index (κ3) is 3.58. The molecule has 0 saturated heterocycles. The van der Waals surface area contributed by atoms with E-state index in [9.17, 15) is 13.6 Å². The van der Waals surface area contributed by atoms with Crippen LogP contribution < -0.4 is 22.4 Å². The highest BCUT2D eigenvalue weighted by Gasteiger charge is 2.13. The summed E-state index contributed by atoms with van der Waals surface area (Å²) >= 11 is 0.980. The summed E-state index contributed by atoms with van der Waals surface area (Å²) in [6.45, 7) is 0. The van der Waals surface area contributed by atoms with Gasteiger partial charge in [-0.15, -0.1) is 10.2 Å². The van der Waals surface area contributed by atoms with Gasteiger partial charge in [0.15, 0.2) is 0 Å². The van der Waals surface area contributed by atoms with Crippen LogP contribution >= 0.6 is 11.8 Å². The molecule has 0 atom stereocenters. The summed E-state index contributed by atoms with van der Waals surface area (Å²) < 4.78 is 27.2. The minimum absolute atomic E-state index is 0.0866. The first kappa shape index (κ1) is 15.0. The number of carbonyl (C=O) groups is 1. The first-order valence-corrected chi connectivity index (χ1v) is 6.54. The number of carbonyl (C=O) groups excluding carboxylic acids is 1. The van der Waals surface area contributed by atoms with Gasteiger partial charge in [-0.3, -0.25) is 10.2 Å². The van der Waals surface area contributed by atoms with Gasteiger partial charge in [0.1, 0.15) is 11.6 Å². The Morgan fingerprint density at radius 3 is 2.76 bits per heavy atom. The second kappa shape index (κ2) is 6.37. The lowest BCUT2D eigenvalue weighted by Gasteiger charge is -2.06.